The molecular weight excluding hydrogens is 410 g/mol. The van der Waals surface area contributed by atoms with Gasteiger partial charge < -0.3 is 14.8 Å². The van der Waals surface area contributed by atoms with Crippen LogP contribution in [-0.2, 0) is 16.8 Å². The number of hydrogen-bond donors (Lipinski definition) is 1. The zero-order chi connectivity index (χ0) is 21.5. The van der Waals surface area contributed by atoms with Crippen LogP contribution in [0.25, 0.3) is 0 Å². The van der Waals surface area contributed by atoms with Gasteiger partial charge in [0.2, 0.25) is 0 Å². The van der Waals surface area contributed by atoms with Crippen molar-refractivity contribution in [3.8, 4) is 5.75 Å². The van der Waals surface area contributed by atoms with Crippen LogP contribution in [0, 0.1) is 0 Å². The fraction of sp³-hybridized carbons (Fsp3) is 0.269. The van der Waals surface area contributed by atoms with Gasteiger partial charge in [0, 0.05) is 41.3 Å². The molecule has 0 aliphatic carbocycles. The monoisotopic (exact) mass is 435 g/mol. The van der Waals surface area contributed by atoms with Crippen molar-refractivity contribution < 1.29 is 14.3 Å². The number of hydrogen-bond acceptors (Lipinski definition) is 3. The highest BCUT2D eigenvalue weighted by molar-refractivity contribution is 6.31. The van der Waals surface area contributed by atoms with E-state index in [-0.39, 0.29) is 11.3 Å². The Bertz CT molecular complexity index is 999. The zero-order valence-electron chi connectivity index (χ0n) is 17.4. The molecule has 3 aromatic carbocycles. The summed E-state index contributed by atoms with van der Waals surface area (Å²) in [4.78, 5) is 12.8. The summed E-state index contributed by atoms with van der Waals surface area (Å²) in [7, 11) is 0. The molecule has 4 rings (SSSR count). The quantitative estimate of drug-likeness (QED) is 0.540. The maximum Gasteiger partial charge on any atom is 0.251 e. The Labute approximate surface area is 188 Å². The molecule has 0 aromatic heterocycles. The summed E-state index contributed by atoms with van der Waals surface area (Å²) in [6.45, 7) is 2.39. The molecule has 1 fully saturated rings. The highest BCUT2D eigenvalue weighted by atomic mass is 35.5. The molecule has 1 aliphatic rings. The Morgan fingerprint density at radius 3 is 2.32 bits per heavy atom. The lowest BCUT2D eigenvalue weighted by Gasteiger charge is -2.38. The summed E-state index contributed by atoms with van der Waals surface area (Å²) in [5.74, 6) is 0.612. The number of halogens is 1. The topological polar surface area (TPSA) is 47.6 Å². The highest BCUT2D eigenvalue weighted by Crippen LogP contribution is 2.34. The number of carbonyl (C=O) groups excluding carboxylic acids is 1. The van der Waals surface area contributed by atoms with Gasteiger partial charge in [0.1, 0.15) is 12.4 Å². The molecule has 1 N–H and O–H groups in total. The first-order valence-electron chi connectivity index (χ1n) is 10.5. The van der Waals surface area contributed by atoms with Crippen molar-refractivity contribution in [3.63, 3.8) is 0 Å². The molecule has 4 nitrogen and oxygen atoms in total. The van der Waals surface area contributed by atoms with Crippen LogP contribution in [0.2, 0.25) is 5.02 Å². The lowest BCUT2D eigenvalue weighted by molar-refractivity contribution is 0.0487. The van der Waals surface area contributed by atoms with E-state index in [1.807, 2.05) is 42.5 Å². The first-order valence-corrected chi connectivity index (χ1v) is 10.9. The van der Waals surface area contributed by atoms with Crippen molar-refractivity contribution in [2.45, 2.75) is 24.9 Å². The number of ether oxygens (including phenoxy) is 2. The predicted octanol–water partition coefficient (Wildman–Crippen LogP) is 5.40. The van der Waals surface area contributed by atoms with E-state index >= 15 is 0 Å². The number of nitrogens with one attached hydrogen (secondary N) is 1. The van der Waals surface area contributed by atoms with E-state index < -0.39 is 0 Å². The van der Waals surface area contributed by atoms with Gasteiger partial charge in [0.25, 0.3) is 5.91 Å². The second-order valence-corrected chi connectivity index (χ2v) is 8.25. The molecular formula is C26H26ClNO3. The SMILES string of the molecule is O=C(NCC1(c2ccccc2)CCOCC1)c1ccc(OCc2ccccc2Cl)cc1. The van der Waals surface area contributed by atoms with Crippen LogP contribution in [0.3, 0.4) is 0 Å². The standard InChI is InChI=1S/C26H26ClNO3/c27-24-9-5-4-6-21(24)18-31-23-12-10-20(11-13-23)25(29)28-19-26(14-16-30-17-15-26)22-7-2-1-3-8-22/h1-13H,14-19H2,(H,28,29). The van der Waals surface area contributed by atoms with E-state index in [1.165, 1.54) is 5.56 Å². The predicted molar refractivity (Wildman–Crippen MR) is 123 cm³/mol. The van der Waals surface area contributed by atoms with Crippen LogP contribution in [0.4, 0.5) is 0 Å². The molecule has 0 unspecified atom stereocenters. The molecule has 0 saturated carbocycles. The highest BCUT2D eigenvalue weighted by Gasteiger charge is 2.34. The lowest BCUT2D eigenvalue weighted by Crippen LogP contribution is -2.44. The van der Waals surface area contributed by atoms with Gasteiger partial charge >= 0.3 is 0 Å². The van der Waals surface area contributed by atoms with Crippen molar-refractivity contribution in [1.82, 2.24) is 5.32 Å². The number of carbonyl (C=O) groups is 1. The maximum atomic E-state index is 12.8. The van der Waals surface area contributed by atoms with E-state index in [2.05, 4.69) is 29.6 Å². The Hall–Kier alpha value is -2.82. The Balaban J connectivity index is 1.37. The van der Waals surface area contributed by atoms with E-state index in [0.29, 0.717) is 42.7 Å². The molecule has 31 heavy (non-hydrogen) atoms. The number of rotatable bonds is 7. The summed E-state index contributed by atoms with van der Waals surface area (Å²) in [6, 6.07) is 25.2. The van der Waals surface area contributed by atoms with Gasteiger partial charge in [0.05, 0.1) is 0 Å². The third-order valence-corrected chi connectivity index (χ3v) is 6.26. The van der Waals surface area contributed by atoms with Gasteiger partial charge in [0.15, 0.2) is 0 Å². The number of amides is 1. The first-order chi connectivity index (χ1) is 15.2. The van der Waals surface area contributed by atoms with Crippen LogP contribution in [0.5, 0.6) is 5.75 Å². The first kappa shape index (κ1) is 21.4. The van der Waals surface area contributed by atoms with Gasteiger partial charge in [-0.3, -0.25) is 4.79 Å². The molecule has 0 radical (unpaired) electrons. The largest absolute Gasteiger partial charge is 0.489 e. The van der Waals surface area contributed by atoms with Crippen LogP contribution in [-0.4, -0.2) is 25.7 Å². The maximum absolute atomic E-state index is 12.8. The van der Waals surface area contributed by atoms with Gasteiger partial charge in [-0.15, -0.1) is 0 Å². The zero-order valence-corrected chi connectivity index (χ0v) is 18.1. The third-order valence-electron chi connectivity index (χ3n) is 5.89. The molecule has 3 aromatic rings. The van der Waals surface area contributed by atoms with Crippen LogP contribution in [0.1, 0.15) is 34.3 Å². The molecule has 0 spiro atoms. The fourth-order valence-corrected chi connectivity index (χ4v) is 4.14. The van der Waals surface area contributed by atoms with Gasteiger partial charge in [-0.2, -0.15) is 0 Å². The molecule has 0 atom stereocenters. The molecule has 1 aliphatic heterocycles. The van der Waals surface area contributed by atoms with Crippen molar-refractivity contribution in [3.05, 3.63) is 101 Å². The average molecular weight is 436 g/mol. The van der Waals surface area contributed by atoms with Crippen LogP contribution < -0.4 is 10.1 Å². The summed E-state index contributed by atoms with van der Waals surface area (Å²) in [5, 5.41) is 3.82. The van der Waals surface area contributed by atoms with Crippen LogP contribution >= 0.6 is 11.6 Å². The number of benzene rings is 3. The average Bonchev–Trinajstić information content (AvgIpc) is 2.83. The van der Waals surface area contributed by atoms with Crippen molar-refractivity contribution in [2.24, 2.45) is 0 Å². The van der Waals surface area contributed by atoms with E-state index in [0.717, 1.165) is 18.4 Å². The van der Waals surface area contributed by atoms with Gasteiger partial charge in [-0.1, -0.05) is 60.1 Å². The summed E-state index contributed by atoms with van der Waals surface area (Å²) < 4.78 is 11.4. The summed E-state index contributed by atoms with van der Waals surface area (Å²) in [6.07, 6.45) is 1.79. The van der Waals surface area contributed by atoms with Crippen molar-refractivity contribution in [2.75, 3.05) is 19.8 Å². The second kappa shape index (κ2) is 9.99. The molecule has 1 heterocycles. The Morgan fingerprint density at radius 1 is 0.935 bits per heavy atom. The Morgan fingerprint density at radius 2 is 1.61 bits per heavy atom. The van der Waals surface area contributed by atoms with E-state index in [9.17, 15) is 4.79 Å². The minimum Gasteiger partial charge on any atom is -0.489 e. The van der Waals surface area contributed by atoms with Gasteiger partial charge in [-0.25, -0.2) is 0 Å². The van der Waals surface area contributed by atoms with E-state index in [1.54, 1.807) is 12.1 Å². The summed E-state index contributed by atoms with van der Waals surface area (Å²) in [5.41, 5.74) is 2.70. The van der Waals surface area contributed by atoms with E-state index in [4.69, 9.17) is 21.1 Å². The van der Waals surface area contributed by atoms with Gasteiger partial charge in [-0.05, 0) is 48.7 Å². The minimum atomic E-state index is -0.0901. The normalized spacial score (nSPS) is 15.3. The smallest absolute Gasteiger partial charge is 0.251 e. The molecule has 1 amide bonds. The molecule has 1 saturated heterocycles. The fourth-order valence-electron chi connectivity index (χ4n) is 3.95. The molecule has 0 bridgehead atoms. The van der Waals surface area contributed by atoms with Crippen molar-refractivity contribution in [1.29, 1.82) is 0 Å². The molecule has 160 valence electrons. The van der Waals surface area contributed by atoms with Crippen LogP contribution in [0.15, 0.2) is 78.9 Å². The second-order valence-electron chi connectivity index (χ2n) is 7.85. The molecule has 5 heteroatoms. The minimum absolute atomic E-state index is 0.0838. The third kappa shape index (κ3) is 5.27. The summed E-state index contributed by atoms with van der Waals surface area (Å²) >= 11 is 6.17. The Kier molecular flexibility index (Phi) is 6.90. The lowest BCUT2D eigenvalue weighted by atomic mass is 9.74. The van der Waals surface area contributed by atoms with Crippen molar-refractivity contribution >= 4 is 17.5 Å².